The topological polar surface area (TPSA) is 94.1 Å². The van der Waals surface area contributed by atoms with E-state index in [0.717, 1.165) is 30.8 Å². The fourth-order valence-corrected chi connectivity index (χ4v) is 4.16. The number of sulfonamides is 1. The van der Waals surface area contributed by atoms with E-state index in [4.69, 9.17) is 0 Å². The Balaban J connectivity index is 0.00000450. The van der Waals surface area contributed by atoms with Crippen molar-refractivity contribution < 1.29 is 13.2 Å². The molecular weight excluding hydrogens is 517 g/mol. The van der Waals surface area contributed by atoms with Gasteiger partial charge in [0.05, 0.1) is 12.8 Å². The van der Waals surface area contributed by atoms with Crippen LogP contribution in [0.3, 0.4) is 0 Å². The number of rotatable bonds is 10. The van der Waals surface area contributed by atoms with E-state index >= 15 is 0 Å². The van der Waals surface area contributed by atoms with Gasteiger partial charge < -0.3 is 15.5 Å². The van der Waals surface area contributed by atoms with E-state index in [-0.39, 0.29) is 29.9 Å². The third-order valence-electron chi connectivity index (χ3n) is 4.78. The van der Waals surface area contributed by atoms with Crippen LogP contribution in [-0.4, -0.2) is 63.6 Å². The normalized spacial score (nSPS) is 14.7. The second-order valence-corrected chi connectivity index (χ2v) is 9.03. The van der Waals surface area contributed by atoms with Crippen LogP contribution in [0.25, 0.3) is 0 Å². The van der Waals surface area contributed by atoms with Gasteiger partial charge in [-0.25, -0.2) is 17.7 Å². The first-order valence-corrected chi connectivity index (χ1v) is 12.1. The van der Waals surface area contributed by atoms with Crippen LogP contribution in [0.5, 0.6) is 0 Å². The summed E-state index contributed by atoms with van der Waals surface area (Å²) in [6.45, 7) is 7.49. The van der Waals surface area contributed by atoms with Gasteiger partial charge in [0.15, 0.2) is 5.96 Å². The Hall–Kier alpha value is -1.40. The number of nitrogens with zero attached hydrogens (tertiary/aromatic N) is 3. The van der Waals surface area contributed by atoms with E-state index in [1.807, 2.05) is 43.0 Å². The first kappa shape index (κ1) is 26.6. The molecule has 1 fully saturated rings. The molecule has 1 aliphatic heterocycles. The molecule has 0 bridgehead atoms. The number of guanidine groups is 1. The number of aliphatic imine (C=N–C) groups is 1. The van der Waals surface area contributed by atoms with Crippen molar-refractivity contribution in [1.29, 1.82) is 0 Å². The number of nitrogens with one attached hydrogen (secondary N) is 2. The lowest BCUT2D eigenvalue weighted by Crippen LogP contribution is -2.39. The van der Waals surface area contributed by atoms with Gasteiger partial charge in [0.1, 0.15) is 0 Å². The Morgan fingerprint density at radius 2 is 1.90 bits per heavy atom. The van der Waals surface area contributed by atoms with Crippen molar-refractivity contribution in [1.82, 2.24) is 14.9 Å². The molecule has 0 aromatic heterocycles. The molecule has 30 heavy (non-hydrogen) atoms. The fraction of sp³-hybridized carbons (Fsp3) is 0.600. The van der Waals surface area contributed by atoms with Gasteiger partial charge in [-0.05, 0) is 37.5 Å². The zero-order valence-corrected chi connectivity index (χ0v) is 21.2. The van der Waals surface area contributed by atoms with E-state index in [2.05, 4.69) is 15.6 Å². The molecule has 1 heterocycles. The number of carbonyl (C=O) groups excluding carboxylic acids is 1. The second kappa shape index (κ2) is 13.1. The van der Waals surface area contributed by atoms with E-state index in [1.165, 1.54) is 10.6 Å². The van der Waals surface area contributed by atoms with E-state index < -0.39 is 10.0 Å². The molecule has 0 radical (unpaired) electrons. The van der Waals surface area contributed by atoms with Gasteiger partial charge in [-0.2, -0.15) is 0 Å². The zero-order chi connectivity index (χ0) is 21.3. The summed E-state index contributed by atoms with van der Waals surface area (Å²) in [5.41, 5.74) is 2.00. The maximum atomic E-state index is 11.8. The van der Waals surface area contributed by atoms with Gasteiger partial charge in [0.25, 0.3) is 0 Å². The first-order valence-electron chi connectivity index (χ1n) is 10.2. The van der Waals surface area contributed by atoms with Gasteiger partial charge >= 0.3 is 0 Å². The highest BCUT2D eigenvalue weighted by Crippen LogP contribution is 2.21. The molecule has 1 saturated heterocycles. The van der Waals surface area contributed by atoms with Crippen LogP contribution >= 0.6 is 24.0 Å². The number of amides is 1. The minimum Gasteiger partial charge on any atom is -0.357 e. The van der Waals surface area contributed by atoms with Crippen molar-refractivity contribution in [2.24, 2.45) is 4.99 Å². The van der Waals surface area contributed by atoms with Gasteiger partial charge in [0, 0.05) is 44.8 Å². The number of hydrogen-bond donors (Lipinski definition) is 2. The van der Waals surface area contributed by atoms with Crippen molar-refractivity contribution >= 4 is 51.6 Å². The Morgan fingerprint density at radius 1 is 1.20 bits per heavy atom. The highest BCUT2D eigenvalue weighted by atomic mass is 127. The van der Waals surface area contributed by atoms with Gasteiger partial charge in [-0.3, -0.25) is 4.79 Å². The largest absolute Gasteiger partial charge is 0.357 e. The number of anilines is 1. The van der Waals surface area contributed by atoms with Crippen LogP contribution in [-0.2, 0) is 21.4 Å². The molecule has 2 N–H and O–H groups in total. The van der Waals surface area contributed by atoms with E-state index in [1.54, 1.807) is 0 Å². The molecule has 1 aromatic carbocycles. The van der Waals surface area contributed by atoms with Crippen molar-refractivity contribution in [2.75, 3.05) is 43.9 Å². The monoisotopic (exact) mass is 551 g/mol. The molecule has 0 atom stereocenters. The minimum atomic E-state index is -3.15. The quantitative estimate of drug-likeness (QED) is 0.201. The van der Waals surface area contributed by atoms with Crippen LogP contribution < -0.4 is 15.5 Å². The molecule has 2 rings (SSSR count). The van der Waals surface area contributed by atoms with Crippen molar-refractivity contribution in [3.8, 4) is 0 Å². The fourth-order valence-electron chi connectivity index (χ4n) is 3.24. The third-order valence-corrected chi connectivity index (χ3v) is 6.16. The van der Waals surface area contributed by atoms with Gasteiger partial charge in [-0.15, -0.1) is 24.0 Å². The van der Waals surface area contributed by atoms with Crippen molar-refractivity contribution in [3.63, 3.8) is 0 Å². The lowest BCUT2D eigenvalue weighted by atomic mass is 10.2. The molecule has 1 amide bonds. The van der Waals surface area contributed by atoms with Crippen LogP contribution in [0.1, 0.15) is 38.7 Å². The molecule has 1 aromatic rings. The lowest BCUT2D eigenvalue weighted by Gasteiger charge is -2.18. The summed E-state index contributed by atoms with van der Waals surface area (Å²) in [5.74, 6) is 0.889. The summed E-state index contributed by atoms with van der Waals surface area (Å²) in [7, 11) is -3.15. The molecular formula is C20H34IN5O3S. The summed E-state index contributed by atoms with van der Waals surface area (Å²) in [4.78, 5) is 18.3. The summed E-state index contributed by atoms with van der Waals surface area (Å²) >= 11 is 0. The molecule has 8 nitrogen and oxygen atoms in total. The predicted octanol–water partition coefficient (Wildman–Crippen LogP) is 2.16. The average molecular weight is 551 g/mol. The molecule has 0 spiro atoms. The van der Waals surface area contributed by atoms with Crippen LogP contribution in [0, 0.1) is 0 Å². The number of hydrogen-bond acceptors (Lipinski definition) is 4. The molecule has 170 valence electrons. The maximum Gasteiger partial charge on any atom is 0.227 e. The Kier molecular flexibility index (Phi) is 11.6. The average Bonchev–Trinajstić information content (AvgIpc) is 3.11. The number of halogens is 1. The summed E-state index contributed by atoms with van der Waals surface area (Å²) in [5, 5.41) is 6.45. The first-order chi connectivity index (χ1) is 13.8. The summed E-state index contributed by atoms with van der Waals surface area (Å²) in [6, 6.07) is 7.94. The molecule has 1 aliphatic rings. The predicted molar refractivity (Wildman–Crippen MR) is 133 cm³/mol. The third kappa shape index (κ3) is 8.38. The smallest absolute Gasteiger partial charge is 0.227 e. The summed E-state index contributed by atoms with van der Waals surface area (Å²) in [6.07, 6.45) is 3.48. The molecule has 0 aliphatic carbocycles. The van der Waals surface area contributed by atoms with E-state index in [0.29, 0.717) is 45.0 Å². The Morgan fingerprint density at radius 3 is 2.43 bits per heavy atom. The highest BCUT2D eigenvalue weighted by molar-refractivity contribution is 14.0. The maximum absolute atomic E-state index is 11.8. The van der Waals surface area contributed by atoms with Crippen LogP contribution in [0.4, 0.5) is 5.69 Å². The lowest BCUT2D eigenvalue weighted by molar-refractivity contribution is -0.117. The van der Waals surface area contributed by atoms with Crippen molar-refractivity contribution in [3.05, 3.63) is 29.8 Å². The van der Waals surface area contributed by atoms with Gasteiger partial charge in [-0.1, -0.05) is 19.1 Å². The standard InChI is InChI=1S/C20H33N5O3S.HI/c1-4-21-20(22-13-7-14-24(5-2)29(3,27)28)23-16-17-9-11-18(12-10-17)25-15-6-8-19(25)26;/h9-12H,4-8,13-16H2,1-3H3,(H2,21,22,23);1H. The Labute approximate surface area is 197 Å². The SMILES string of the molecule is CCNC(=NCc1ccc(N2CCCC2=O)cc1)NCCCN(CC)S(C)(=O)=O.I. The van der Waals surface area contributed by atoms with Crippen LogP contribution in [0.2, 0.25) is 0 Å². The molecule has 10 heteroatoms. The second-order valence-electron chi connectivity index (χ2n) is 7.05. The Bertz CT molecular complexity index is 799. The highest BCUT2D eigenvalue weighted by Gasteiger charge is 2.21. The number of carbonyl (C=O) groups is 1. The molecule has 0 unspecified atom stereocenters. The van der Waals surface area contributed by atoms with E-state index in [9.17, 15) is 13.2 Å². The number of benzene rings is 1. The van der Waals surface area contributed by atoms with Crippen LogP contribution in [0.15, 0.2) is 29.3 Å². The minimum absolute atomic E-state index is 0. The zero-order valence-electron chi connectivity index (χ0n) is 18.1. The van der Waals surface area contributed by atoms with Crippen molar-refractivity contribution in [2.45, 2.75) is 39.7 Å². The molecule has 0 saturated carbocycles. The van der Waals surface area contributed by atoms with Gasteiger partial charge in [0.2, 0.25) is 15.9 Å². The summed E-state index contributed by atoms with van der Waals surface area (Å²) < 4.78 is 24.7.